The van der Waals surface area contributed by atoms with E-state index < -0.39 is 9.84 Å². The highest BCUT2D eigenvalue weighted by molar-refractivity contribution is 7.90. The molecule has 7 heteroatoms. The lowest BCUT2D eigenvalue weighted by atomic mass is 10.2. The highest BCUT2D eigenvalue weighted by Crippen LogP contribution is 2.16. The van der Waals surface area contributed by atoms with Crippen LogP contribution in [-0.2, 0) is 22.8 Å². The van der Waals surface area contributed by atoms with Crippen molar-refractivity contribution in [2.75, 3.05) is 11.6 Å². The number of anilines is 1. The number of benzene rings is 1. The lowest BCUT2D eigenvalue weighted by Crippen LogP contribution is -2.02. The van der Waals surface area contributed by atoms with Crippen LogP contribution < -0.4 is 5.32 Å². The normalized spacial score (nSPS) is 11.5. The van der Waals surface area contributed by atoms with Crippen LogP contribution in [0.15, 0.2) is 33.7 Å². The van der Waals surface area contributed by atoms with Crippen LogP contribution in [0.4, 0.5) is 5.69 Å². The summed E-state index contributed by atoms with van der Waals surface area (Å²) < 4.78 is 28.1. The lowest BCUT2D eigenvalue weighted by molar-refractivity contribution is 0.377. The van der Waals surface area contributed by atoms with Gasteiger partial charge in [0.15, 0.2) is 15.7 Å². The van der Waals surface area contributed by atoms with Crippen molar-refractivity contribution in [2.24, 2.45) is 0 Å². The van der Waals surface area contributed by atoms with Gasteiger partial charge in [0, 0.05) is 18.4 Å². The second-order valence-corrected chi connectivity index (χ2v) is 6.88. The van der Waals surface area contributed by atoms with E-state index in [1.807, 2.05) is 0 Å². The van der Waals surface area contributed by atoms with Crippen LogP contribution in [0.5, 0.6) is 0 Å². The van der Waals surface area contributed by atoms with Crippen LogP contribution >= 0.6 is 0 Å². The van der Waals surface area contributed by atoms with Crippen molar-refractivity contribution in [3.63, 3.8) is 0 Å². The maximum absolute atomic E-state index is 11.5. The third kappa shape index (κ3) is 4.56. The van der Waals surface area contributed by atoms with Gasteiger partial charge in [0.2, 0.25) is 5.89 Å². The smallest absolute Gasteiger partial charge is 0.245 e. The van der Waals surface area contributed by atoms with Gasteiger partial charge in [-0.25, -0.2) is 8.42 Å². The number of hydrogen-bond donors (Lipinski definition) is 1. The van der Waals surface area contributed by atoms with E-state index in [-0.39, 0.29) is 4.90 Å². The van der Waals surface area contributed by atoms with Crippen LogP contribution in [0.25, 0.3) is 0 Å². The molecular weight excluding hydrogens is 290 g/mol. The second kappa shape index (κ2) is 6.71. The fourth-order valence-corrected chi connectivity index (χ4v) is 2.48. The van der Waals surface area contributed by atoms with Gasteiger partial charge < -0.3 is 9.84 Å². The van der Waals surface area contributed by atoms with Gasteiger partial charge in [-0.05, 0) is 24.6 Å². The number of aromatic nitrogens is 2. The van der Waals surface area contributed by atoms with Crippen molar-refractivity contribution < 1.29 is 12.9 Å². The van der Waals surface area contributed by atoms with Crippen LogP contribution in [0.1, 0.15) is 31.5 Å². The fourth-order valence-electron chi connectivity index (χ4n) is 1.81. The molecule has 0 aliphatic heterocycles. The monoisotopic (exact) mass is 309 g/mol. The minimum Gasteiger partial charge on any atom is -0.376 e. The number of nitrogens with one attached hydrogen (secondary N) is 1. The van der Waals surface area contributed by atoms with Crippen LogP contribution in [0.3, 0.4) is 0 Å². The van der Waals surface area contributed by atoms with E-state index >= 15 is 0 Å². The summed E-state index contributed by atoms with van der Waals surface area (Å²) in [6, 6.07) is 6.64. The molecule has 1 aromatic heterocycles. The Morgan fingerprint density at radius 1 is 1.33 bits per heavy atom. The molecule has 6 nitrogen and oxygen atoms in total. The molecule has 0 aliphatic carbocycles. The van der Waals surface area contributed by atoms with E-state index in [0.29, 0.717) is 23.9 Å². The number of unbranched alkanes of at least 4 members (excludes halogenated alkanes) is 1. The quantitative estimate of drug-likeness (QED) is 0.845. The molecule has 21 heavy (non-hydrogen) atoms. The van der Waals surface area contributed by atoms with E-state index in [9.17, 15) is 8.42 Å². The Morgan fingerprint density at radius 2 is 2.14 bits per heavy atom. The van der Waals surface area contributed by atoms with Gasteiger partial charge in [-0.2, -0.15) is 4.98 Å². The predicted octanol–water partition coefficient (Wildman–Crippen LogP) is 2.43. The molecule has 1 aromatic carbocycles. The van der Waals surface area contributed by atoms with Gasteiger partial charge in [-0.3, -0.25) is 0 Å². The third-order valence-corrected chi connectivity index (χ3v) is 4.08. The van der Waals surface area contributed by atoms with Crippen molar-refractivity contribution >= 4 is 15.5 Å². The molecule has 0 aliphatic rings. The van der Waals surface area contributed by atoms with Gasteiger partial charge in [0.25, 0.3) is 0 Å². The lowest BCUT2D eigenvalue weighted by Gasteiger charge is -2.05. The molecule has 0 fully saturated rings. The molecular formula is C14H19N3O3S. The minimum absolute atomic E-state index is 0.279. The average Bonchev–Trinajstić information content (AvgIpc) is 2.90. The summed E-state index contributed by atoms with van der Waals surface area (Å²) >= 11 is 0. The van der Waals surface area contributed by atoms with Gasteiger partial charge in [-0.1, -0.05) is 24.6 Å². The number of sulfone groups is 1. The van der Waals surface area contributed by atoms with E-state index in [4.69, 9.17) is 4.52 Å². The fraction of sp³-hybridized carbons (Fsp3) is 0.429. The summed E-state index contributed by atoms with van der Waals surface area (Å²) in [6.45, 7) is 2.48. The van der Waals surface area contributed by atoms with Crippen LogP contribution in [-0.4, -0.2) is 24.8 Å². The topological polar surface area (TPSA) is 85.1 Å². The van der Waals surface area contributed by atoms with E-state index in [1.54, 1.807) is 24.3 Å². The van der Waals surface area contributed by atoms with Gasteiger partial charge >= 0.3 is 0 Å². The maximum Gasteiger partial charge on any atom is 0.245 e. The molecule has 0 bridgehead atoms. The first-order chi connectivity index (χ1) is 9.99. The Morgan fingerprint density at radius 3 is 2.86 bits per heavy atom. The van der Waals surface area contributed by atoms with Crippen molar-refractivity contribution in [2.45, 2.75) is 37.6 Å². The predicted molar refractivity (Wildman–Crippen MR) is 79.8 cm³/mol. The number of nitrogens with zero attached hydrogens (tertiary/aromatic N) is 2. The molecule has 1 heterocycles. The molecule has 114 valence electrons. The van der Waals surface area contributed by atoms with Gasteiger partial charge in [0.1, 0.15) is 0 Å². The zero-order chi connectivity index (χ0) is 15.3. The summed E-state index contributed by atoms with van der Waals surface area (Å²) in [4.78, 5) is 4.55. The second-order valence-electron chi connectivity index (χ2n) is 4.86. The first kappa shape index (κ1) is 15.5. The Labute approximate surface area is 124 Å². The first-order valence-electron chi connectivity index (χ1n) is 6.84. The molecule has 2 rings (SSSR count). The summed E-state index contributed by atoms with van der Waals surface area (Å²) in [5.74, 6) is 1.20. The van der Waals surface area contributed by atoms with Crippen LogP contribution in [0.2, 0.25) is 0 Å². The maximum atomic E-state index is 11.5. The zero-order valence-electron chi connectivity index (χ0n) is 12.2. The highest BCUT2D eigenvalue weighted by Gasteiger charge is 2.09. The molecule has 2 aromatic rings. The molecule has 0 radical (unpaired) electrons. The number of hydrogen-bond acceptors (Lipinski definition) is 6. The summed E-state index contributed by atoms with van der Waals surface area (Å²) in [7, 11) is -3.21. The Hall–Kier alpha value is -1.89. The molecule has 0 amide bonds. The largest absolute Gasteiger partial charge is 0.376 e. The average molecular weight is 309 g/mol. The molecule has 1 N–H and O–H groups in total. The molecule has 0 atom stereocenters. The van der Waals surface area contributed by atoms with Crippen molar-refractivity contribution in [3.8, 4) is 0 Å². The third-order valence-electron chi connectivity index (χ3n) is 2.97. The summed E-state index contributed by atoms with van der Waals surface area (Å²) in [6.07, 6.45) is 4.11. The summed E-state index contributed by atoms with van der Waals surface area (Å²) in [5.41, 5.74) is 0.700. The highest BCUT2D eigenvalue weighted by atomic mass is 32.2. The number of aryl methyl sites for hydroxylation is 1. The molecule has 0 unspecified atom stereocenters. The summed E-state index contributed by atoms with van der Waals surface area (Å²) in [5, 5.41) is 6.98. The van der Waals surface area contributed by atoms with Gasteiger partial charge in [-0.15, -0.1) is 0 Å². The van der Waals surface area contributed by atoms with Crippen molar-refractivity contribution in [1.82, 2.24) is 10.1 Å². The Kier molecular flexibility index (Phi) is 4.95. The van der Waals surface area contributed by atoms with Crippen molar-refractivity contribution in [3.05, 3.63) is 36.0 Å². The molecule has 0 saturated carbocycles. The Balaban J connectivity index is 1.98. The number of rotatable bonds is 7. The first-order valence-corrected chi connectivity index (χ1v) is 8.73. The standard InChI is InChI=1S/C14H19N3O3S/c1-3-4-8-13-16-14(20-17-13)10-15-11-6-5-7-12(9-11)21(2,18)19/h5-7,9,15H,3-4,8,10H2,1-2H3. The van der Waals surface area contributed by atoms with E-state index in [0.717, 1.165) is 19.3 Å². The van der Waals surface area contributed by atoms with Gasteiger partial charge in [0.05, 0.1) is 11.4 Å². The van der Waals surface area contributed by atoms with Crippen molar-refractivity contribution in [1.29, 1.82) is 0 Å². The molecule has 0 spiro atoms. The Bertz CT molecular complexity index is 695. The SMILES string of the molecule is CCCCc1noc(CNc2cccc(S(C)(=O)=O)c2)n1. The molecule has 0 saturated heterocycles. The minimum atomic E-state index is -3.21. The van der Waals surface area contributed by atoms with Crippen LogP contribution in [0, 0.1) is 0 Å². The van der Waals surface area contributed by atoms with E-state index in [1.165, 1.54) is 6.26 Å². The zero-order valence-corrected chi connectivity index (χ0v) is 13.0. The van der Waals surface area contributed by atoms with E-state index in [2.05, 4.69) is 22.4 Å².